The molecule has 0 bridgehead atoms. The molecule has 3 heterocycles. The van der Waals surface area contributed by atoms with Gasteiger partial charge in [-0.1, -0.05) is 6.42 Å². The number of ether oxygens (including phenoxy) is 2. The second-order valence-corrected chi connectivity index (χ2v) is 8.77. The fourth-order valence-corrected chi connectivity index (χ4v) is 4.83. The zero-order valence-electron chi connectivity index (χ0n) is 18.7. The minimum Gasteiger partial charge on any atom is -0.507 e. The van der Waals surface area contributed by atoms with Crippen LogP contribution in [0.25, 0.3) is 17.0 Å². The summed E-state index contributed by atoms with van der Waals surface area (Å²) in [6, 6.07) is 9.58. The number of methoxy groups -OCH3 is 1. The van der Waals surface area contributed by atoms with Crippen molar-refractivity contribution in [3.05, 3.63) is 59.0 Å². The third-order valence-corrected chi connectivity index (χ3v) is 6.73. The molecule has 6 heteroatoms. The van der Waals surface area contributed by atoms with Crippen LogP contribution in [-0.2, 0) is 13.6 Å². The van der Waals surface area contributed by atoms with E-state index in [9.17, 15) is 9.90 Å². The second-order valence-electron chi connectivity index (χ2n) is 8.77. The molecule has 1 aromatic heterocycles. The van der Waals surface area contributed by atoms with Crippen molar-refractivity contribution in [3.8, 4) is 17.2 Å². The Kier molecular flexibility index (Phi) is 5.18. The average molecular weight is 433 g/mol. The van der Waals surface area contributed by atoms with Gasteiger partial charge >= 0.3 is 0 Å². The zero-order chi connectivity index (χ0) is 22.4. The van der Waals surface area contributed by atoms with E-state index < -0.39 is 0 Å². The van der Waals surface area contributed by atoms with Crippen molar-refractivity contribution in [2.75, 3.05) is 13.7 Å². The quantitative estimate of drug-likeness (QED) is 0.595. The number of aromatic hydroxyl groups is 1. The highest BCUT2D eigenvalue weighted by Gasteiger charge is 2.32. The number of allylic oxidation sites excluding steroid dienone is 1. The minimum absolute atomic E-state index is 0.159. The molecule has 1 saturated heterocycles. The number of hydrogen-bond donors (Lipinski definition) is 1. The van der Waals surface area contributed by atoms with E-state index in [4.69, 9.17) is 9.47 Å². The Morgan fingerprint density at radius 2 is 2.09 bits per heavy atom. The number of hydrogen-bond acceptors (Lipinski definition) is 5. The lowest BCUT2D eigenvalue weighted by atomic mass is 10.0. The lowest BCUT2D eigenvalue weighted by Gasteiger charge is -2.33. The van der Waals surface area contributed by atoms with E-state index in [-0.39, 0.29) is 17.3 Å². The number of phenolic OH excluding ortho intramolecular Hbond substituents is 1. The maximum absolute atomic E-state index is 13.2. The topological polar surface area (TPSA) is 63.9 Å². The smallest absolute Gasteiger partial charge is 0.231 e. The molecule has 0 unspecified atom stereocenters. The molecule has 0 radical (unpaired) electrons. The fourth-order valence-electron chi connectivity index (χ4n) is 4.83. The third-order valence-electron chi connectivity index (χ3n) is 6.73. The van der Waals surface area contributed by atoms with Gasteiger partial charge in [0.25, 0.3) is 0 Å². The highest BCUT2D eigenvalue weighted by atomic mass is 16.5. The fraction of sp³-hybridized carbons (Fsp3) is 0.346. The maximum Gasteiger partial charge on any atom is 0.231 e. The van der Waals surface area contributed by atoms with Gasteiger partial charge < -0.3 is 19.1 Å². The molecule has 6 nitrogen and oxygen atoms in total. The van der Waals surface area contributed by atoms with E-state index in [2.05, 4.69) is 11.8 Å². The molecule has 0 aliphatic carbocycles. The number of Topliss-reactive ketones (excluding diaryl/α,β-unsaturated/α-hetero) is 1. The first-order valence-corrected chi connectivity index (χ1v) is 11.1. The molecular formula is C26H28N2O4. The first-order valence-electron chi connectivity index (χ1n) is 11.1. The average Bonchev–Trinajstić information content (AvgIpc) is 3.28. The Labute approximate surface area is 187 Å². The Morgan fingerprint density at radius 1 is 1.25 bits per heavy atom. The van der Waals surface area contributed by atoms with Crippen LogP contribution in [0, 0.1) is 0 Å². The third kappa shape index (κ3) is 3.45. The number of carbonyl (C=O) groups excluding carboxylic acids is 1. The summed E-state index contributed by atoms with van der Waals surface area (Å²) in [5, 5.41) is 11.6. The van der Waals surface area contributed by atoms with E-state index in [1.165, 1.54) is 6.42 Å². The van der Waals surface area contributed by atoms with Gasteiger partial charge in [0.1, 0.15) is 17.2 Å². The molecule has 1 atom stereocenters. The molecule has 0 saturated carbocycles. The van der Waals surface area contributed by atoms with Gasteiger partial charge in [-0.15, -0.1) is 0 Å². The molecule has 0 spiro atoms. The SMILES string of the molecule is COc1ccc2c(c1)c(C=C1Oc3c(ccc(O)c3CN3CCCC[C@H]3C)C1=O)cn2C. The van der Waals surface area contributed by atoms with Gasteiger partial charge in [0.2, 0.25) is 5.78 Å². The summed E-state index contributed by atoms with van der Waals surface area (Å²) >= 11 is 0. The zero-order valence-corrected chi connectivity index (χ0v) is 18.7. The van der Waals surface area contributed by atoms with Crippen molar-refractivity contribution < 1.29 is 19.4 Å². The largest absolute Gasteiger partial charge is 0.507 e. The number of piperidine rings is 1. The summed E-state index contributed by atoms with van der Waals surface area (Å²) in [5.41, 5.74) is 3.12. The van der Waals surface area contributed by atoms with Crippen LogP contribution < -0.4 is 9.47 Å². The number of likely N-dealkylation sites (tertiary alicyclic amines) is 1. The van der Waals surface area contributed by atoms with E-state index in [1.54, 1.807) is 25.3 Å². The van der Waals surface area contributed by atoms with Gasteiger partial charge in [0.15, 0.2) is 5.76 Å². The van der Waals surface area contributed by atoms with Crippen LogP contribution in [0.1, 0.15) is 47.7 Å². The molecule has 2 aliphatic heterocycles. The van der Waals surface area contributed by atoms with Crippen molar-refractivity contribution in [2.24, 2.45) is 7.05 Å². The summed E-state index contributed by atoms with van der Waals surface area (Å²) < 4.78 is 13.5. The van der Waals surface area contributed by atoms with Crippen molar-refractivity contribution >= 4 is 22.8 Å². The molecule has 0 amide bonds. The van der Waals surface area contributed by atoms with Crippen LogP contribution in [0.4, 0.5) is 0 Å². The van der Waals surface area contributed by atoms with Crippen LogP contribution in [-0.4, -0.2) is 40.1 Å². The van der Waals surface area contributed by atoms with E-state index in [1.807, 2.05) is 36.0 Å². The van der Waals surface area contributed by atoms with Gasteiger partial charge in [0, 0.05) is 42.3 Å². The molecule has 2 aromatic carbocycles. The van der Waals surface area contributed by atoms with Gasteiger partial charge in [-0.25, -0.2) is 0 Å². The minimum atomic E-state index is -0.159. The van der Waals surface area contributed by atoms with Crippen molar-refractivity contribution in [1.82, 2.24) is 9.47 Å². The summed E-state index contributed by atoms with van der Waals surface area (Å²) in [7, 11) is 3.61. The van der Waals surface area contributed by atoms with E-state index in [0.717, 1.165) is 41.6 Å². The highest BCUT2D eigenvalue weighted by molar-refractivity contribution is 6.15. The monoisotopic (exact) mass is 432 g/mol. The normalized spacial score (nSPS) is 20.0. The number of fused-ring (bicyclic) bond motifs is 2. The summed E-state index contributed by atoms with van der Waals surface area (Å²) in [6.45, 7) is 3.77. The predicted octanol–water partition coefficient (Wildman–Crippen LogP) is 4.88. The van der Waals surface area contributed by atoms with Crippen molar-refractivity contribution in [2.45, 2.75) is 38.8 Å². The molecule has 166 valence electrons. The number of aromatic nitrogens is 1. The van der Waals surface area contributed by atoms with Crippen molar-refractivity contribution in [1.29, 1.82) is 0 Å². The Hall–Kier alpha value is -3.25. The van der Waals surface area contributed by atoms with Gasteiger partial charge in [-0.05, 0) is 62.7 Å². The number of phenols is 1. The van der Waals surface area contributed by atoms with Crippen LogP contribution >= 0.6 is 0 Å². The molecule has 5 rings (SSSR count). The number of aryl methyl sites for hydroxylation is 1. The number of carbonyl (C=O) groups is 1. The van der Waals surface area contributed by atoms with Crippen LogP contribution in [0.15, 0.2) is 42.3 Å². The van der Waals surface area contributed by atoms with Crippen LogP contribution in [0.3, 0.4) is 0 Å². The lowest BCUT2D eigenvalue weighted by molar-refractivity contribution is 0.101. The molecule has 32 heavy (non-hydrogen) atoms. The highest BCUT2D eigenvalue weighted by Crippen LogP contribution is 2.41. The Balaban J connectivity index is 1.52. The summed E-state index contributed by atoms with van der Waals surface area (Å²) in [6.07, 6.45) is 7.29. The number of benzene rings is 2. The second kappa shape index (κ2) is 8.02. The van der Waals surface area contributed by atoms with Gasteiger partial charge in [0.05, 0.1) is 18.2 Å². The van der Waals surface area contributed by atoms with E-state index >= 15 is 0 Å². The molecule has 1 N–H and O–H groups in total. The number of ketones is 1. The number of nitrogens with zero attached hydrogens (tertiary/aromatic N) is 2. The van der Waals surface area contributed by atoms with Crippen LogP contribution in [0.5, 0.6) is 17.2 Å². The first kappa shape index (κ1) is 20.6. The summed E-state index contributed by atoms with van der Waals surface area (Å²) in [4.78, 5) is 15.5. The Bertz CT molecular complexity index is 1240. The van der Waals surface area contributed by atoms with Gasteiger partial charge in [-0.2, -0.15) is 0 Å². The number of rotatable bonds is 4. The van der Waals surface area contributed by atoms with Crippen molar-refractivity contribution in [3.63, 3.8) is 0 Å². The molecular weight excluding hydrogens is 404 g/mol. The Morgan fingerprint density at radius 3 is 2.88 bits per heavy atom. The first-order chi connectivity index (χ1) is 15.5. The lowest BCUT2D eigenvalue weighted by Crippen LogP contribution is -2.36. The molecule has 3 aromatic rings. The van der Waals surface area contributed by atoms with E-state index in [0.29, 0.717) is 29.5 Å². The van der Waals surface area contributed by atoms with Crippen LogP contribution in [0.2, 0.25) is 0 Å². The summed E-state index contributed by atoms with van der Waals surface area (Å²) in [5.74, 6) is 1.53. The molecule has 2 aliphatic rings. The van der Waals surface area contributed by atoms with Gasteiger partial charge in [-0.3, -0.25) is 9.69 Å². The molecule has 1 fully saturated rings. The maximum atomic E-state index is 13.2. The standard InChI is InChI=1S/C26H28N2O4/c1-16-6-4-5-11-28(16)15-21-23(29)10-8-19-25(30)24(32-26(19)21)12-17-14-27(2)22-9-7-18(31-3)13-20(17)22/h7-10,12-14,16,29H,4-6,11,15H2,1-3H3/t16-/m1/s1. The predicted molar refractivity (Wildman–Crippen MR) is 124 cm³/mol.